The Morgan fingerprint density at radius 3 is 2.00 bits per heavy atom. The third kappa shape index (κ3) is 1.73. The second-order valence-electron chi connectivity index (χ2n) is 2.18. The molecule has 1 radical (unpaired) electrons. The molecule has 0 fully saturated rings. The lowest BCUT2D eigenvalue weighted by atomic mass is 10.1. The molecule has 0 aliphatic rings. The average Bonchev–Trinajstić information content (AvgIpc) is 2.02. The van der Waals surface area contributed by atoms with Crippen molar-refractivity contribution < 1.29 is 26.7 Å². The van der Waals surface area contributed by atoms with Crippen LogP contribution >= 0.6 is 0 Å². The van der Waals surface area contributed by atoms with Gasteiger partial charge >= 0.3 is 11.8 Å². The van der Waals surface area contributed by atoms with Crippen molar-refractivity contribution >= 4 is 6.29 Å². The molecule has 0 aliphatic heterocycles. The highest BCUT2D eigenvalue weighted by atomic mass is 19.3. The standard InChI is InChI=1S/C6H6F5O/c1-2-4(7)6(10,11)5(8,9)3-12/h4H,2H2,1H3. The minimum atomic E-state index is -5.05. The highest BCUT2D eigenvalue weighted by Crippen LogP contribution is 2.37. The second-order valence-corrected chi connectivity index (χ2v) is 2.18. The van der Waals surface area contributed by atoms with Crippen molar-refractivity contribution in [1.29, 1.82) is 0 Å². The van der Waals surface area contributed by atoms with Crippen LogP contribution in [0.5, 0.6) is 0 Å². The predicted octanol–water partition coefficient (Wildman–Crippen LogP) is 2.11. The minimum Gasteiger partial charge on any atom is -0.283 e. The van der Waals surface area contributed by atoms with Gasteiger partial charge in [-0.2, -0.15) is 17.6 Å². The third-order valence-corrected chi connectivity index (χ3v) is 1.30. The first-order valence-corrected chi connectivity index (χ1v) is 3.08. The predicted molar refractivity (Wildman–Crippen MR) is 30.8 cm³/mol. The zero-order valence-corrected chi connectivity index (χ0v) is 6.08. The zero-order chi connectivity index (χ0) is 9.99. The summed E-state index contributed by atoms with van der Waals surface area (Å²) in [7, 11) is 0. The minimum absolute atomic E-state index is 0.177. The van der Waals surface area contributed by atoms with Gasteiger partial charge in [-0.15, -0.1) is 0 Å². The van der Waals surface area contributed by atoms with Crippen molar-refractivity contribution in [2.45, 2.75) is 31.4 Å². The van der Waals surface area contributed by atoms with Gasteiger partial charge in [0.2, 0.25) is 0 Å². The number of hydrogen-bond acceptors (Lipinski definition) is 1. The Bertz CT molecular complexity index is 167. The Balaban J connectivity index is 4.70. The van der Waals surface area contributed by atoms with Crippen molar-refractivity contribution in [3.05, 3.63) is 0 Å². The van der Waals surface area contributed by atoms with Crippen LogP contribution in [0.2, 0.25) is 0 Å². The molecule has 1 unspecified atom stereocenters. The fourth-order valence-corrected chi connectivity index (χ4v) is 0.521. The Labute approximate surface area is 65.6 Å². The molecule has 0 aromatic rings. The molecule has 0 heterocycles. The zero-order valence-electron chi connectivity index (χ0n) is 6.08. The van der Waals surface area contributed by atoms with Crippen LogP contribution in [0.15, 0.2) is 0 Å². The summed E-state index contributed by atoms with van der Waals surface area (Å²) in [4.78, 5) is 9.37. The molecule has 0 rings (SSSR count). The highest BCUT2D eigenvalue weighted by Gasteiger charge is 2.62. The van der Waals surface area contributed by atoms with Gasteiger partial charge in [0.05, 0.1) is 0 Å². The smallest absolute Gasteiger partial charge is 0.283 e. The van der Waals surface area contributed by atoms with Gasteiger partial charge in [-0.3, -0.25) is 4.79 Å². The number of carbonyl (C=O) groups excluding carboxylic acids is 1. The van der Waals surface area contributed by atoms with Crippen LogP contribution in [0.25, 0.3) is 0 Å². The molecular formula is C6H6F5O. The van der Waals surface area contributed by atoms with E-state index in [4.69, 9.17) is 0 Å². The lowest BCUT2D eigenvalue weighted by Crippen LogP contribution is -2.48. The fourth-order valence-electron chi connectivity index (χ4n) is 0.521. The van der Waals surface area contributed by atoms with Crippen LogP contribution in [0, 0.1) is 0 Å². The Morgan fingerprint density at radius 2 is 1.75 bits per heavy atom. The second kappa shape index (κ2) is 3.37. The SMILES string of the molecule is CCC(F)C(F)(F)C(F)(F)[C]=O. The van der Waals surface area contributed by atoms with Crippen molar-refractivity contribution in [3.8, 4) is 0 Å². The maximum Gasteiger partial charge on any atom is 0.377 e. The Hall–Kier alpha value is -0.680. The van der Waals surface area contributed by atoms with Gasteiger partial charge in [0.15, 0.2) is 6.17 Å². The lowest BCUT2D eigenvalue weighted by molar-refractivity contribution is -0.203. The molecule has 0 spiro atoms. The van der Waals surface area contributed by atoms with Crippen molar-refractivity contribution in [3.63, 3.8) is 0 Å². The van der Waals surface area contributed by atoms with Gasteiger partial charge < -0.3 is 0 Å². The van der Waals surface area contributed by atoms with E-state index in [0.29, 0.717) is 0 Å². The number of rotatable bonds is 4. The Kier molecular flexibility index (Phi) is 3.17. The van der Waals surface area contributed by atoms with E-state index in [1.54, 1.807) is 0 Å². The molecule has 0 saturated heterocycles. The van der Waals surface area contributed by atoms with Crippen molar-refractivity contribution in [1.82, 2.24) is 0 Å². The van der Waals surface area contributed by atoms with Crippen LogP contribution < -0.4 is 0 Å². The summed E-state index contributed by atoms with van der Waals surface area (Å²) in [5, 5.41) is 0. The summed E-state index contributed by atoms with van der Waals surface area (Å²) in [6.07, 6.45) is -4.00. The molecule has 0 N–H and O–H groups in total. The molecule has 6 heteroatoms. The van der Waals surface area contributed by atoms with Crippen molar-refractivity contribution in [2.75, 3.05) is 0 Å². The fraction of sp³-hybridized carbons (Fsp3) is 0.833. The molecule has 0 aromatic carbocycles. The monoisotopic (exact) mass is 189 g/mol. The first kappa shape index (κ1) is 11.3. The van der Waals surface area contributed by atoms with E-state index in [9.17, 15) is 26.7 Å². The molecule has 0 saturated carbocycles. The largest absolute Gasteiger partial charge is 0.377 e. The van der Waals surface area contributed by atoms with Crippen molar-refractivity contribution in [2.24, 2.45) is 0 Å². The van der Waals surface area contributed by atoms with Crippen LogP contribution in [0.1, 0.15) is 13.3 Å². The van der Waals surface area contributed by atoms with Gasteiger partial charge in [0, 0.05) is 0 Å². The summed E-state index contributed by atoms with van der Waals surface area (Å²) < 4.78 is 60.5. The van der Waals surface area contributed by atoms with E-state index >= 15 is 0 Å². The third-order valence-electron chi connectivity index (χ3n) is 1.30. The normalized spacial score (nSPS) is 15.8. The summed E-state index contributed by atoms with van der Waals surface area (Å²) in [5.41, 5.74) is 0. The van der Waals surface area contributed by atoms with Crippen LogP contribution in [0.4, 0.5) is 22.0 Å². The van der Waals surface area contributed by atoms with E-state index < -0.39 is 24.4 Å². The number of alkyl halides is 5. The van der Waals surface area contributed by atoms with Crippen LogP contribution in [-0.2, 0) is 4.79 Å². The van der Waals surface area contributed by atoms with Gasteiger partial charge in [0.25, 0.3) is 6.29 Å². The first-order valence-electron chi connectivity index (χ1n) is 3.08. The Morgan fingerprint density at radius 1 is 1.33 bits per heavy atom. The van der Waals surface area contributed by atoms with Crippen LogP contribution in [-0.4, -0.2) is 24.3 Å². The maximum atomic E-state index is 12.2. The molecule has 1 nitrogen and oxygen atoms in total. The summed E-state index contributed by atoms with van der Waals surface area (Å²) in [6, 6.07) is 0. The molecule has 12 heavy (non-hydrogen) atoms. The molecule has 1 atom stereocenters. The summed E-state index contributed by atoms with van der Waals surface area (Å²) in [6.45, 7) is 0.972. The highest BCUT2D eigenvalue weighted by molar-refractivity contribution is 5.62. The molecule has 0 bridgehead atoms. The summed E-state index contributed by atoms with van der Waals surface area (Å²) in [5.74, 6) is -10.0. The van der Waals surface area contributed by atoms with Gasteiger partial charge in [-0.25, -0.2) is 4.39 Å². The molecule has 0 aliphatic carbocycles. The quantitative estimate of drug-likeness (QED) is 0.619. The molecular weight excluding hydrogens is 183 g/mol. The van der Waals surface area contributed by atoms with E-state index in [1.807, 2.05) is 0 Å². The van der Waals surface area contributed by atoms with E-state index in [-0.39, 0.29) is 6.29 Å². The van der Waals surface area contributed by atoms with E-state index in [2.05, 4.69) is 0 Å². The van der Waals surface area contributed by atoms with Gasteiger partial charge in [0.1, 0.15) is 0 Å². The topological polar surface area (TPSA) is 17.1 Å². The van der Waals surface area contributed by atoms with Crippen LogP contribution in [0.3, 0.4) is 0 Å². The first-order chi connectivity index (χ1) is 5.29. The average molecular weight is 189 g/mol. The number of halogens is 5. The van der Waals surface area contributed by atoms with E-state index in [0.717, 1.165) is 6.92 Å². The molecule has 71 valence electrons. The number of hydrogen-bond donors (Lipinski definition) is 0. The lowest BCUT2D eigenvalue weighted by Gasteiger charge is -2.23. The van der Waals surface area contributed by atoms with Gasteiger partial charge in [-0.1, -0.05) is 6.92 Å². The van der Waals surface area contributed by atoms with E-state index in [1.165, 1.54) is 0 Å². The molecule has 0 aromatic heterocycles. The molecule has 0 amide bonds. The maximum absolute atomic E-state index is 12.2. The summed E-state index contributed by atoms with van der Waals surface area (Å²) >= 11 is 0. The van der Waals surface area contributed by atoms with Gasteiger partial charge in [-0.05, 0) is 6.42 Å².